The molecule has 0 spiro atoms. The summed E-state index contributed by atoms with van der Waals surface area (Å²) in [6, 6.07) is 2.62. The quantitative estimate of drug-likeness (QED) is 0.630. The Morgan fingerprint density at radius 2 is 2.37 bits per heavy atom. The zero-order chi connectivity index (χ0) is 13.8. The molecule has 1 aliphatic rings. The standard InChI is InChI=1S/C12H15N3O3S/c1-7(11(17)15-9-6-13-12(9)18)14-10(16)5-8-3-2-4-19-8/h2-4,7,9H,5-6H2,1H3,(H,13,18)(H,14,16)(H,15,17). The van der Waals surface area contributed by atoms with Gasteiger partial charge in [-0.05, 0) is 18.4 Å². The summed E-state index contributed by atoms with van der Waals surface area (Å²) >= 11 is 1.50. The number of nitrogens with one attached hydrogen (secondary N) is 3. The van der Waals surface area contributed by atoms with Crippen LogP contribution in [-0.4, -0.2) is 36.3 Å². The SMILES string of the molecule is CC(NC(=O)Cc1cccs1)C(=O)NC1CNC1=O. The van der Waals surface area contributed by atoms with Crippen LogP contribution in [0.4, 0.5) is 0 Å². The molecular weight excluding hydrogens is 266 g/mol. The molecule has 2 heterocycles. The molecule has 6 nitrogen and oxygen atoms in total. The monoisotopic (exact) mass is 281 g/mol. The van der Waals surface area contributed by atoms with Gasteiger partial charge < -0.3 is 16.0 Å². The Morgan fingerprint density at radius 1 is 1.58 bits per heavy atom. The van der Waals surface area contributed by atoms with Gasteiger partial charge in [-0.25, -0.2) is 0 Å². The van der Waals surface area contributed by atoms with Crippen LogP contribution in [0.5, 0.6) is 0 Å². The zero-order valence-corrected chi connectivity index (χ0v) is 11.3. The second-order valence-electron chi connectivity index (χ2n) is 4.35. The van der Waals surface area contributed by atoms with E-state index in [9.17, 15) is 14.4 Å². The van der Waals surface area contributed by atoms with Gasteiger partial charge in [0, 0.05) is 11.4 Å². The van der Waals surface area contributed by atoms with Crippen LogP contribution in [0.3, 0.4) is 0 Å². The molecular formula is C12H15N3O3S. The number of hydrogen-bond acceptors (Lipinski definition) is 4. The maximum Gasteiger partial charge on any atom is 0.244 e. The average molecular weight is 281 g/mol. The van der Waals surface area contributed by atoms with Crippen molar-refractivity contribution in [3.8, 4) is 0 Å². The molecule has 3 amide bonds. The van der Waals surface area contributed by atoms with E-state index >= 15 is 0 Å². The lowest BCUT2D eigenvalue weighted by Gasteiger charge is -2.27. The Kier molecular flexibility index (Phi) is 4.16. The van der Waals surface area contributed by atoms with Crippen LogP contribution in [0.25, 0.3) is 0 Å². The molecule has 2 unspecified atom stereocenters. The summed E-state index contributed by atoms with van der Waals surface area (Å²) < 4.78 is 0. The molecule has 3 N–H and O–H groups in total. The van der Waals surface area contributed by atoms with Gasteiger partial charge in [0.05, 0.1) is 6.42 Å². The first-order valence-corrected chi connectivity index (χ1v) is 6.84. The molecule has 0 radical (unpaired) electrons. The number of β-lactam (4-membered cyclic amide) rings is 1. The minimum atomic E-state index is -0.652. The summed E-state index contributed by atoms with van der Waals surface area (Å²) in [4.78, 5) is 35.4. The van der Waals surface area contributed by atoms with Gasteiger partial charge in [-0.1, -0.05) is 6.07 Å². The minimum Gasteiger partial charge on any atom is -0.352 e. The van der Waals surface area contributed by atoms with E-state index in [1.165, 1.54) is 11.3 Å². The van der Waals surface area contributed by atoms with Crippen molar-refractivity contribution in [1.82, 2.24) is 16.0 Å². The van der Waals surface area contributed by atoms with Gasteiger partial charge in [-0.3, -0.25) is 14.4 Å². The van der Waals surface area contributed by atoms with Crippen molar-refractivity contribution in [3.63, 3.8) is 0 Å². The fraction of sp³-hybridized carbons (Fsp3) is 0.417. The number of amides is 3. The molecule has 2 atom stereocenters. The van der Waals surface area contributed by atoms with Gasteiger partial charge in [-0.15, -0.1) is 11.3 Å². The van der Waals surface area contributed by atoms with Crippen molar-refractivity contribution in [2.75, 3.05) is 6.54 Å². The fourth-order valence-electron chi connectivity index (χ4n) is 1.63. The van der Waals surface area contributed by atoms with Crippen molar-refractivity contribution in [3.05, 3.63) is 22.4 Å². The van der Waals surface area contributed by atoms with Crippen LogP contribution in [0.1, 0.15) is 11.8 Å². The Hall–Kier alpha value is -1.89. The smallest absolute Gasteiger partial charge is 0.244 e. The molecule has 1 aromatic rings. The third kappa shape index (κ3) is 3.54. The third-order valence-corrected chi connectivity index (χ3v) is 3.68. The maximum atomic E-state index is 11.7. The van der Waals surface area contributed by atoms with E-state index in [-0.39, 0.29) is 24.1 Å². The van der Waals surface area contributed by atoms with Crippen LogP contribution < -0.4 is 16.0 Å². The third-order valence-electron chi connectivity index (χ3n) is 2.80. The lowest BCUT2D eigenvalue weighted by atomic mass is 10.1. The summed E-state index contributed by atoms with van der Waals surface area (Å²) in [6.07, 6.45) is 0.263. The molecule has 1 aliphatic heterocycles. The first-order chi connectivity index (χ1) is 9.06. The van der Waals surface area contributed by atoms with Crippen LogP contribution >= 0.6 is 11.3 Å². The topological polar surface area (TPSA) is 87.3 Å². The summed E-state index contributed by atoms with van der Waals surface area (Å²) in [5.74, 6) is -0.743. The van der Waals surface area contributed by atoms with E-state index in [4.69, 9.17) is 0 Å². The zero-order valence-electron chi connectivity index (χ0n) is 10.4. The number of thiophene rings is 1. The van der Waals surface area contributed by atoms with Crippen LogP contribution in [-0.2, 0) is 20.8 Å². The molecule has 7 heteroatoms. The van der Waals surface area contributed by atoms with Gasteiger partial charge in [0.1, 0.15) is 12.1 Å². The molecule has 0 aromatic carbocycles. The van der Waals surface area contributed by atoms with E-state index in [1.807, 2.05) is 17.5 Å². The molecule has 0 bridgehead atoms. The minimum absolute atomic E-state index is 0.189. The van der Waals surface area contributed by atoms with E-state index in [0.717, 1.165) is 4.88 Å². The summed E-state index contributed by atoms with van der Waals surface area (Å²) in [6.45, 7) is 2.04. The molecule has 1 fully saturated rings. The average Bonchev–Trinajstić information content (AvgIpc) is 2.86. The van der Waals surface area contributed by atoms with Crippen molar-refractivity contribution in [2.45, 2.75) is 25.4 Å². The number of rotatable bonds is 5. The van der Waals surface area contributed by atoms with Gasteiger partial charge in [0.15, 0.2) is 0 Å². The highest BCUT2D eigenvalue weighted by molar-refractivity contribution is 7.10. The fourth-order valence-corrected chi connectivity index (χ4v) is 2.33. The van der Waals surface area contributed by atoms with Gasteiger partial charge >= 0.3 is 0 Å². The maximum absolute atomic E-state index is 11.7. The molecule has 1 saturated heterocycles. The largest absolute Gasteiger partial charge is 0.352 e. The highest BCUT2D eigenvalue weighted by Crippen LogP contribution is 2.08. The van der Waals surface area contributed by atoms with Crippen molar-refractivity contribution < 1.29 is 14.4 Å². The van der Waals surface area contributed by atoms with Gasteiger partial charge in [-0.2, -0.15) is 0 Å². The highest BCUT2D eigenvalue weighted by atomic mass is 32.1. The lowest BCUT2D eigenvalue weighted by Crippen LogP contribution is -2.63. The summed E-state index contributed by atoms with van der Waals surface area (Å²) in [7, 11) is 0. The van der Waals surface area contributed by atoms with E-state index in [1.54, 1.807) is 6.92 Å². The van der Waals surface area contributed by atoms with Crippen molar-refractivity contribution in [1.29, 1.82) is 0 Å². The second-order valence-corrected chi connectivity index (χ2v) is 5.38. The van der Waals surface area contributed by atoms with Crippen LogP contribution in [0.15, 0.2) is 17.5 Å². The van der Waals surface area contributed by atoms with Gasteiger partial charge in [0.2, 0.25) is 17.7 Å². The van der Waals surface area contributed by atoms with E-state index in [2.05, 4.69) is 16.0 Å². The van der Waals surface area contributed by atoms with Crippen LogP contribution in [0, 0.1) is 0 Å². The first kappa shape index (κ1) is 13.5. The normalized spacial score (nSPS) is 19.0. The van der Waals surface area contributed by atoms with Crippen molar-refractivity contribution in [2.24, 2.45) is 0 Å². The Bertz CT molecular complexity index is 486. The molecule has 2 rings (SSSR count). The number of carbonyl (C=O) groups excluding carboxylic acids is 3. The summed E-state index contributed by atoms with van der Waals surface area (Å²) in [5.41, 5.74) is 0. The van der Waals surface area contributed by atoms with Gasteiger partial charge in [0.25, 0.3) is 0 Å². The Balaban J connectivity index is 1.76. The molecule has 1 aromatic heterocycles. The molecule has 102 valence electrons. The molecule has 0 saturated carbocycles. The number of carbonyl (C=O) groups is 3. The predicted molar refractivity (Wildman–Crippen MR) is 70.6 cm³/mol. The summed E-state index contributed by atoms with van der Waals surface area (Å²) in [5, 5.41) is 9.61. The Labute approximate surface area is 114 Å². The van der Waals surface area contributed by atoms with Crippen LogP contribution in [0.2, 0.25) is 0 Å². The van der Waals surface area contributed by atoms with E-state index < -0.39 is 12.1 Å². The predicted octanol–water partition coefficient (Wildman–Crippen LogP) is -0.590. The van der Waals surface area contributed by atoms with Crippen molar-refractivity contribution >= 4 is 29.1 Å². The number of hydrogen-bond donors (Lipinski definition) is 3. The second kappa shape index (κ2) is 5.83. The first-order valence-electron chi connectivity index (χ1n) is 5.96. The lowest BCUT2D eigenvalue weighted by molar-refractivity contribution is -0.134. The molecule has 0 aliphatic carbocycles. The van der Waals surface area contributed by atoms with E-state index in [0.29, 0.717) is 6.54 Å². The highest BCUT2D eigenvalue weighted by Gasteiger charge is 2.30. The molecule has 19 heavy (non-hydrogen) atoms. The Morgan fingerprint density at radius 3 is 2.89 bits per heavy atom.